The summed E-state index contributed by atoms with van der Waals surface area (Å²) in [4.78, 5) is 7.98. The van der Waals surface area contributed by atoms with E-state index in [1.165, 1.54) is 11.3 Å². The van der Waals surface area contributed by atoms with Crippen molar-refractivity contribution in [3.8, 4) is 11.3 Å². The van der Waals surface area contributed by atoms with Gasteiger partial charge in [0.2, 0.25) is 0 Å². The van der Waals surface area contributed by atoms with Gasteiger partial charge in [0.25, 0.3) is 0 Å². The molecule has 0 unspecified atom stereocenters. The molecule has 0 saturated heterocycles. The van der Waals surface area contributed by atoms with Crippen LogP contribution in [0.2, 0.25) is 5.15 Å². The summed E-state index contributed by atoms with van der Waals surface area (Å²) in [6, 6.07) is 8.35. The SMILES string of the molecule is CS(=O)(=O)c1cc[c-]cc1C(F)(F)F.OCc1s[c-]nc1-c1ccnc(Cl)c1.[Mn+2]. The molecule has 0 aliphatic rings. The standard InChI is InChI=1S/C9H6ClN2OS.C8H6F3O2S.Mn/c10-8-3-6(1-2-11-8)9-7(4-13)14-5-12-9;1-14(12,13)7-5-3-2-4-6(7)8(9,10)11;/h1-3,13H,4H2;3-5H,1H3;/q2*-1;+2. The zero-order valence-electron chi connectivity index (χ0n) is 14.5. The molecule has 2 heterocycles. The smallest absolute Gasteiger partial charge is 0.404 e. The molecule has 5 nitrogen and oxygen atoms in total. The van der Waals surface area contributed by atoms with Gasteiger partial charge >= 0.3 is 23.2 Å². The molecular formula is C17H12ClF3MnN2O3S2. The number of hydrogen-bond donors (Lipinski definition) is 1. The van der Waals surface area contributed by atoms with Crippen molar-refractivity contribution in [1.82, 2.24) is 9.97 Å². The maximum absolute atomic E-state index is 12.3. The van der Waals surface area contributed by atoms with Crippen LogP contribution in [0.5, 0.6) is 0 Å². The van der Waals surface area contributed by atoms with Crippen molar-refractivity contribution in [2.75, 3.05) is 6.26 Å². The van der Waals surface area contributed by atoms with Gasteiger partial charge in [0.05, 0.1) is 0 Å². The summed E-state index contributed by atoms with van der Waals surface area (Å²) in [5.74, 6) is 0. The van der Waals surface area contributed by atoms with E-state index in [1.807, 2.05) is 0 Å². The van der Waals surface area contributed by atoms with Crippen molar-refractivity contribution in [3.63, 3.8) is 0 Å². The number of nitrogens with zero attached hydrogens (tertiary/aromatic N) is 2. The first-order valence-corrected chi connectivity index (χ1v) is 10.5. The van der Waals surface area contributed by atoms with Crippen LogP contribution in [0.1, 0.15) is 10.4 Å². The Morgan fingerprint density at radius 3 is 2.52 bits per heavy atom. The van der Waals surface area contributed by atoms with Gasteiger partial charge in [0, 0.05) is 19.1 Å². The van der Waals surface area contributed by atoms with Gasteiger partial charge in [-0.25, -0.2) is 13.4 Å². The van der Waals surface area contributed by atoms with E-state index in [-0.39, 0.29) is 23.7 Å². The van der Waals surface area contributed by atoms with E-state index >= 15 is 0 Å². The number of benzene rings is 1. The van der Waals surface area contributed by atoms with Gasteiger partial charge in [0.15, 0.2) is 9.84 Å². The molecule has 155 valence electrons. The Balaban J connectivity index is 0.000000280. The van der Waals surface area contributed by atoms with Gasteiger partial charge in [-0.05, 0) is 28.1 Å². The third-order valence-corrected chi connectivity index (χ3v) is 5.38. The molecule has 1 aromatic carbocycles. The Morgan fingerprint density at radius 2 is 2.00 bits per heavy atom. The van der Waals surface area contributed by atoms with Crippen LogP contribution >= 0.6 is 22.9 Å². The van der Waals surface area contributed by atoms with E-state index in [0.29, 0.717) is 11.2 Å². The summed E-state index contributed by atoms with van der Waals surface area (Å²) >= 11 is 7.05. The zero-order valence-corrected chi connectivity index (χ0v) is 18.1. The summed E-state index contributed by atoms with van der Waals surface area (Å²) < 4.78 is 58.9. The quantitative estimate of drug-likeness (QED) is 0.331. The number of thiazole rings is 1. The minimum Gasteiger partial charge on any atom is -0.404 e. The van der Waals surface area contributed by atoms with Gasteiger partial charge in [0.1, 0.15) is 5.15 Å². The minimum atomic E-state index is -4.67. The second-order valence-electron chi connectivity index (χ2n) is 5.29. The predicted octanol–water partition coefficient (Wildman–Crippen LogP) is 4.06. The van der Waals surface area contributed by atoms with Gasteiger partial charge in [-0.3, -0.25) is 11.3 Å². The Bertz CT molecular complexity index is 1060. The second kappa shape index (κ2) is 10.5. The van der Waals surface area contributed by atoms with Gasteiger partial charge < -0.3 is 10.1 Å². The second-order valence-corrected chi connectivity index (χ2v) is 8.55. The summed E-state index contributed by atoms with van der Waals surface area (Å²) in [5, 5.41) is 9.46. The maximum Gasteiger partial charge on any atom is 2.00 e. The Hall–Kier alpha value is -1.49. The van der Waals surface area contributed by atoms with Crippen LogP contribution < -0.4 is 0 Å². The average molecular weight is 504 g/mol. The van der Waals surface area contributed by atoms with Crippen molar-refractivity contribution in [2.24, 2.45) is 0 Å². The van der Waals surface area contributed by atoms with Crippen LogP contribution in [0.4, 0.5) is 13.2 Å². The van der Waals surface area contributed by atoms with Crippen LogP contribution in [0, 0.1) is 11.6 Å². The predicted molar refractivity (Wildman–Crippen MR) is 98.5 cm³/mol. The number of aliphatic hydroxyl groups is 1. The van der Waals surface area contributed by atoms with Gasteiger partial charge in [-0.15, -0.1) is 0 Å². The third kappa shape index (κ3) is 7.06. The van der Waals surface area contributed by atoms with Crippen molar-refractivity contribution >= 4 is 32.8 Å². The number of sulfone groups is 1. The largest absolute Gasteiger partial charge is 2.00 e. The molecule has 0 aliphatic heterocycles. The molecule has 0 saturated carbocycles. The van der Waals surface area contributed by atoms with Crippen LogP contribution in [0.15, 0.2) is 41.4 Å². The summed E-state index contributed by atoms with van der Waals surface area (Å²) in [6.07, 6.45) is -2.33. The molecule has 0 atom stereocenters. The molecule has 3 aromatic rings. The number of halogens is 4. The normalized spacial score (nSPS) is 11.2. The molecule has 0 bridgehead atoms. The van der Waals surface area contributed by atoms with Gasteiger partial charge in [-0.2, -0.15) is 37.4 Å². The Morgan fingerprint density at radius 1 is 1.31 bits per heavy atom. The molecule has 0 amide bonds. The van der Waals surface area contributed by atoms with Crippen molar-refractivity contribution in [3.05, 3.63) is 63.7 Å². The minimum absolute atomic E-state index is 0. The molecule has 12 heteroatoms. The Labute approximate surface area is 185 Å². The third-order valence-electron chi connectivity index (χ3n) is 3.26. The summed E-state index contributed by atoms with van der Waals surface area (Å²) in [5.41, 5.74) is 3.13. The molecule has 1 radical (unpaired) electrons. The molecule has 2 aromatic heterocycles. The van der Waals surface area contributed by atoms with Crippen molar-refractivity contribution in [2.45, 2.75) is 17.7 Å². The molecule has 0 fully saturated rings. The number of hydrogen-bond acceptors (Lipinski definition) is 6. The van der Waals surface area contributed by atoms with E-state index in [2.05, 4.69) is 21.5 Å². The van der Waals surface area contributed by atoms with E-state index in [9.17, 15) is 21.6 Å². The van der Waals surface area contributed by atoms with E-state index in [4.69, 9.17) is 16.7 Å². The van der Waals surface area contributed by atoms with Crippen LogP contribution in [-0.4, -0.2) is 29.7 Å². The molecular weight excluding hydrogens is 492 g/mol. The fourth-order valence-corrected chi connectivity index (χ4v) is 3.71. The van der Waals surface area contributed by atoms with Crippen LogP contribution in [-0.2, 0) is 39.7 Å². The number of rotatable bonds is 3. The first kappa shape index (κ1) is 25.5. The first-order chi connectivity index (χ1) is 13.0. The van der Waals surface area contributed by atoms with E-state index in [0.717, 1.165) is 34.5 Å². The molecule has 0 spiro atoms. The molecule has 29 heavy (non-hydrogen) atoms. The zero-order chi connectivity index (χ0) is 20.9. The number of pyridine rings is 1. The van der Waals surface area contributed by atoms with Crippen molar-refractivity contribution < 1.29 is 43.8 Å². The summed E-state index contributed by atoms with van der Waals surface area (Å²) in [7, 11) is -3.86. The fraction of sp³-hybridized carbons (Fsp3) is 0.176. The first-order valence-electron chi connectivity index (χ1n) is 7.40. The topological polar surface area (TPSA) is 80.2 Å². The molecule has 1 N–H and O–H groups in total. The molecule has 0 aliphatic carbocycles. The van der Waals surface area contributed by atoms with Crippen LogP contribution in [0.25, 0.3) is 11.3 Å². The number of aliphatic hydroxyl groups excluding tert-OH is 1. The van der Waals surface area contributed by atoms with E-state index < -0.39 is 26.5 Å². The number of aromatic nitrogens is 2. The van der Waals surface area contributed by atoms with Gasteiger partial charge in [-0.1, -0.05) is 27.7 Å². The van der Waals surface area contributed by atoms with E-state index in [1.54, 1.807) is 18.3 Å². The Kier molecular flexibility index (Phi) is 9.26. The van der Waals surface area contributed by atoms with Crippen LogP contribution in [0.3, 0.4) is 0 Å². The molecule has 3 rings (SSSR count). The maximum atomic E-state index is 12.3. The fourth-order valence-electron chi connectivity index (χ4n) is 2.08. The van der Waals surface area contributed by atoms with Crippen molar-refractivity contribution in [1.29, 1.82) is 0 Å². The average Bonchev–Trinajstić information content (AvgIpc) is 3.10. The monoisotopic (exact) mass is 503 g/mol. The summed E-state index contributed by atoms with van der Waals surface area (Å²) in [6.45, 7) is -0.0313. The number of alkyl halides is 3.